The molecule has 1 saturated carbocycles. The Balaban J connectivity index is 1.58. The molecule has 0 spiro atoms. The van der Waals surface area contributed by atoms with Gasteiger partial charge in [0.05, 0.1) is 26.2 Å². The highest BCUT2D eigenvalue weighted by atomic mass is 32.2. The summed E-state index contributed by atoms with van der Waals surface area (Å²) in [7, 11) is 3.19. The van der Waals surface area contributed by atoms with Gasteiger partial charge in [-0.1, -0.05) is 60.7 Å². The topological polar surface area (TPSA) is 81.7 Å². The van der Waals surface area contributed by atoms with E-state index in [1.54, 1.807) is 26.0 Å². The van der Waals surface area contributed by atoms with Crippen LogP contribution in [-0.4, -0.2) is 68.9 Å². The maximum Gasteiger partial charge on any atom is 0.164 e. The van der Waals surface area contributed by atoms with E-state index in [0.29, 0.717) is 5.75 Å². The fourth-order valence-corrected chi connectivity index (χ4v) is 7.02. The summed E-state index contributed by atoms with van der Waals surface area (Å²) in [6, 6.07) is 27.7. The molecule has 1 aliphatic heterocycles. The molecule has 8 nitrogen and oxygen atoms in total. The second-order valence-electron chi connectivity index (χ2n) is 11.2. The molecule has 0 bridgehead atoms. The van der Waals surface area contributed by atoms with Gasteiger partial charge in [-0.25, -0.2) is 0 Å². The van der Waals surface area contributed by atoms with Crippen molar-refractivity contribution in [2.45, 2.75) is 67.8 Å². The van der Waals surface area contributed by atoms with Crippen molar-refractivity contribution < 1.29 is 38.0 Å². The third-order valence-electron chi connectivity index (χ3n) is 7.86. The standard InChI is InChI=1S/C34H40O8S/c1-33(2)41-30-29(39-23-36-3)28(19-35)34(22-43-27-13-9-6-10-14-27,40-21-24-11-7-5-8-12-24)32(31(30)42-33)38-20-25-15-17-26(37-4)18-16-25/h5-19,28-32H,20-23H2,1-4H3/t28-,29+,30-,31-,32-,34+/m0/s1. The number of fused-ring (bicyclic) bond motifs is 1. The summed E-state index contributed by atoms with van der Waals surface area (Å²) in [5.41, 5.74) is 0.766. The number of benzene rings is 3. The van der Waals surface area contributed by atoms with Crippen LogP contribution in [0, 0.1) is 5.92 Å². The van der Waals surface area contributed by atoms with Gasteiger partial charge in [-0.15, -0.1) is 11.8 Å². The maximum absolute atomic E-state index is 13.2. The highest BCUT2D eigenvalue weighted by Gasteiger charge is 2.66. The Labute approximate surface area is 257 Å². The number of carbonyl (C=O) groups is 1. The minimum Gasteiger partial charge on any atom is -0.497 e. The molecular formula is C34H40O8S. The highest BCUT2D eigenvalue weighted by Crippen LogP contribution is 2.49. The molecule has 0 amide bonds. The van der Waals surface area contributed by atoms with Crippen molar-refractivity contribution in [2.75, 3.05) is 26.8 Å². The number of aldehydes is 1. The minimum absolute atomic E-state index is 0.0139. The molecular weight excluding hydrogens is 568 g/mol. The Morgan fingerprint density at radius 2 is 1.47 bits per heavy atom. The minimum atomic E-state index is -1.16. The monoisotopic (exact) mass is 608 g/mol. The highest BCUT2D eigenvalue weighted by molar-refractivity contribution is 7.99. The predicted molar refractivity (Wildman–Crippen MR) is 163 cm³/mol. The zero-order chi connectivity index (χ0) is 30.3. The Bertz CT molecular complexity index is 1240. The molecule has 0 aromatic heterocycles. The normalized spacial score (nSPS) is 27.9. The van der Waals surface area contributed by atoms with Crippen molar-refractivity contribution in [3.8, 4) is 5.75 Å². The summed E-state index contributed by atoms with van der Waals surface area (Å²) >= 11 is 1.61. The lowest BCUT2D eigenvalue weighted by Crippen LogP contribution is -2.70. The number of carbonyl (C=O) groups excluding carboxylic acids is 1. The first-order valence-corrected chi connectivity index (χ1v) is 15.4. The summed E-state index contributed by atoms with van der Waals surface area (Å²) in [5.74, 6) is -0.529. The van der Waals surface area contributed by atoms with E-state index < -0.39 is 41.7 Å². The number of methoxy groups -OCH3 is 2. The van der Waals surface area contributed by atoms with Gasteiger partial charge in [-0.2, -0.15) is 0 Å². The molecule has 0 unspecified atom stereocenters. The molecule has 43 heavy (non-hydrogen) atoms. The lowest BCUT2D eigenvalue weighted by Gasteiger charge is -2.53. The molecule has 0 N–H and O–H groups in total. The number of hydrogen-bond donors (Lipinski definition) is 0. The van der Waals surface area contributed by atoms with Gasteiger partial charge >= 0.3 is 0 Å². The van der Waals surface area contributed by atoms with E-state index >= 15 is 0 Å². The number of rotatable bonds is 14. The third kappa shape index (κ3) is 7.32. The van der Waals surface area contributed by atoms with Crippen molar-refractivity contribution in [3.05, 3.63) is 96.1 Å². The van der Waals surface area contributed by atoms with Crippen LogP contribution in [0.2, 0.25) is 0 Å². The van der Waals surface area contributed by atoms with Crippen LogP contribution < -0.4 is 4.74 Å². The van der Waals surface area contributed by atoms with Crippen LogP contribution in [0.1, 0.15) is 25.0 Å². The van der Waals surface area contributed by atoms with Crippen LogP contribution in [0.15, 0.2) is 89.8 Å². The molecule has 1 heterocycles. The van der Waals surface area contributed by atoms with Crippen LogP contribution in [0.4, 0.5) is 0 Å². The quantitative estimate of drug-likeness (QED) is 0.131. The first-order chi connectivity index (χ1) is 20.9. The summed E-state index contributed by atoms with van der Waals surface area (Å²) in [6.45, 7) is 4.24. The first-order valence-electron chi connectivity index (χ1n) is 14.4. The summed E-state index contributed by atoms with van der Waals surface area (Å²) in [5, 5.41) is 0. The zero-order valence-corrected chi connectivity index (χ0v) is 25.9. The Kier molecular flexibility index (Phi) is 10.6. The lowest BCUT2D eigenvalue weighted by molar-refractivity contribution is -0.261. The molecule has 1 saturated heterocycles. The molecule has 230 valence electrons. The average Bonchev–Trinajstić information content (AvgIpc) is 3.36. The van der Waals surface area contributed by atoms with Crippen LogP contribution >= 0.6 is 11.8 Å². The van der Waals surface area contributed by atoms with Crippen LogP contribution in [0.5, 0.6) is 5.75 Å². The van der Waals surface area contributed by atoms with Crippen LogP contribution in [0.25, 0.3) is 0 Å². The zero-order valence-electron chi connectivity index (χ0n) is 25.0. The van der Waals surface area contributed by atoms with Gasteiger partial charge in [0.1, 0.15) is 48.8 Å². The molecule has 3 aromatic rings. The summed E-state index contributed by atoms with van der Waals surface area (Å²) in [4.78, 5) is 14.3. The smallest absolute Gasteiger partial charge is 0.164 e. The van der Waals surface area contributed by atoms with E-state index in [-0.39, 0.29) is 20.0 Å². The number of thioether (sulfide) groups is 1. The third-order valence-corrected chi connectivity index (χ3v) is 9.06. The molecule has 2 aliphatic rings. The van der Waals surface area contributed by atoms with Crippen LogP contribution in [-0.2, 0) is 46.4 Å². The summed E-state index contributed by atoms with van der Waals surface area (Å²) in [6.07, 6.45) is -1.63. The van der Waals surface area contributed by atoms with Gasteiger partial charge in [0.2, 0.25) is 0 Å². The van der Waals surface area contributed by atoms with Gasteiger partial charge in [0.25, 0.3) is 0 Å². The van der Waals surface area contributed by atoms with E-state index in [2.05, 4.69) is 0 Å². The fourth-order valence-electron chi connectivity index (χ4n) is 5.84. The second-order valence-corrected chi connectivity index (χ2v) is 12.2. The van der Waals surface area contributed by atoms with Gasteiger partial charge in [-0.05, 0) is 49.2 Å². The molecule has 9 heteroatoms. The van der Waals surface area contributed by atoms with Crippen molar-refractivity contribution in [1.29, 1.82) is 0 Å². The van der Waals surface area contributed by atoms with Crippen molar-refractivity contribution in [2.24, 2.45) is 5.92 Å². The van der Waals surface area contributed by atoms with Crippen molar-refractivity contribution >= 4 is 18.0 Å². The van der Waals surface area contributed by atoms with Gasteiger partial charge < -0.3 is 38.0 Å². The fraction of sp³-hybridized carbons (Fsp3) is 0.441. The molecule has 0 radical (unpaired) electrons. The van der Waals surface area contributed by atoms with E-state index in [4.69, 9.17) is 33.2 Å². The molecule has 3 aromatic carbocycles. The first kappa shape index (κ1) is 31.7. The van der Waals surface area contributed by atoms with Gasteiger partial charge in [-0.3, -0.25) is 0 Å². The van der Waals surface area contributed by atoms with Crippen molar-refractivity contribution in [1.82, 2.24) is 0 Å². The molecule has 2 fully saturated rings. The van der Waals surface area contributed by atoms with E-state index in [9.17, 15) is 4.79 Å². The van der Waals surface area contributed by atoms with E-state index in [0.717, 1.165) is 28.1 Å². The average molecular weight is 609 g/mol. The maximum atomic E-state index is 13.2. The lowest BCUT2D eigenvalue weighted by atomic mass is 9.70. The Morgan fingerprint density at radius 1 is 0.814 bits per heavy atom. The molecule has 6 atom stereocenters. The second kappa shape index (κ2) is 14.3. The Hall–Kier alpha value is -2.76. The van der Waals surface area contributed by atoms with Crippen LogP contribution in [0.3, 0.4) is 0 Å². The van der Waals surface area contributed by atoms with E-state index in [1.807, 2.05) is 98.8 Å². The van der Waals surface area contributed by atoms with Gasteiger partial charge in [0, 0.05) is 17.8 Å². The van der Waals surface area contributed by atoms with Gasteiger partial charge in [0.15, 0.2) is 5.79 Å². The molecule has 5 rings (SSSR count). The SMILES string of the molecule is COCO[C@H]1[C@@H]2OC(C)(C)O[C@@H]2[C@H](OCc2ccc(OC)cc2)[C@](CSc2ccccc2)(OCc2ccccc2)[C@H]1C=O. The van der Waals surface area contributed by atoms with Crippen molar-refractivity contribution in [3.63, 3.8) is 0 Å². The predicted octanol–water partition coefficient (Wildman–Crippen LogP) is 5.67. The number of ether oxygens (including phenoxy) is 7. The summed E-state index contributed by atoms with van der Waals surface area (Å²) < 4.78 is 43.6. The Morgan fingerprint density at radius 3 is 2.12 bits per heavy atom. The molecule has 1 aliphatic carbocycles. The van der Waals surface area contributed by atoms with E-state index in [1.165, 1.54) is 0 Å². The number of hydrogen-bond acceptors (Lipinski definition) is 9. The largest absolute Gasteiger partial charge is 0.497 e.